The Morgan fingerprint density at radius 1 is 1.12 bits per heavy atom. The van der Waals surface area contributed by atoms with Crippen LogP contribution in [0.1, 0.15) is 96.5 Å². The van der Waals surface area contributed by atoms with Gasteiger partial charge < -0.3 is 35.3 Å². The van der Waals surface area contributed by atoms with Crippen LogP contribution in [0.3, 0.4) is 0 Å². The molecule has 0 unspecified atom stereocenters. The zero-order chi connectivity index (χ0) is 30.2. The first-order valence-electron chi connectivity index (χ1n) is 15.1. The molecule has 1 aromatic rings. The van der Waals surface area contributed by atoms with Crippen LogP contribution in [-0.2, 0) is 9.53 Å². The van der Waals surface area contributed by atoms with Gasteiger partial charge in [-0.25, -0.2) is 4.79 Å². The van der Waals surface area contributed by atoms with Crippen LogP contribution in [0.15, 0.2) is 30.0 Å². The van der Waals surface area contributed by atoms with Crippen LogP contribution in [0, 0.1) is 28.6 Å². The Balaban J connectivity index is 1.37. The predicted molar refractivity (Wildman–Crippen MR) is 151 cm³/mol. The highest BCUT2D eigenvalue weighted by Gasteiger charge is 2.68. The van der Waals surface area contributed by atoms with Gasteiger partial charge in [0, 0.05) is 17.5 Å². The van der Waals surface area contributed by atoms with E-state index in [0.717, 1.165) is 0 Å². The van der Waals surface area contributed by atoms with Crippen molar-refractivity contribution in [3.63, 3.8) is 0 Å². The van der Waals surface area contributed by atoms with E-state index in [1.165, 1.54) is 0 Å². The summed E-state index contributed by atoms with van der Waals surface area (Å²) in [7, 11) is 0. The molecule has 1 heterocycles. The number of carbonyl (C=O) groups is 2. The number of aliphatic hydroxyl groups excluding tert-OH is 2. The second kappa shape index (κ2) is 10.0. The topological polar surface area (TPSA) is 160 Å². The van der Waals surface area contributed by atoms with Crippen LogP contribution < -0.4 is 0 Å². The van der Waals surface area contributed by atoms with E-state index in [0.29, 0.717) is 37.7 Å². The van der Waals surface area contributed by atoms with E-state index >= 15 is 0 Å². The van der Waals surface area contributed by atoms with Crippen LogP contribution >= 0.6 is 0 Å². The molecule has 0 spiro atoms. The first-order valence-corrected chi connectivity index (χ1v) is 15.1. The molecule has 0 aromatic carbocycles. The lowest BCUT2D eigenvalue weighted by atomic mass is 9.45. The Bertz CT molecular complexity index is 1200. The van der Waals surface area contributed by atoms with Crippen LogP contribution in [0.25, 0.3) is 0 Å². The molecule has 1 aromatic heterocycles. The normalized spacial score (nSPS) is 41.0. The van der Waals surface area contributed by atoms with E-state index in [9.17, 15) is 35.1 Å². The number of rotatable bonds is 7. The Kier molecular flexibility index (Phi) is 7.43. The van der Waals surface area contributed by atoms with Crippen molar-refractivity contribution in [2.45, 2.75) is 121 Å². The Morgan fingerprint density at radius 2 is 1.83 bits per heavy atom. The van der Waals surface area contributed by atoms with Crippen LogP contribution in [0.5, 0.6) is 0 Å². The minimum absolute atomic E-state index is 0.0962. The molecule has 0 saturated heterocycles. The lowest BCUT2D eigenvalue weighted by Gasteiger charge is -2.60. The fourth-order valence-corrected chi connectivity index (χ4v) is 9.17. The molecule has 3 fully saturated rings. The number of carbonyl (C=O) groups excluding carboxylic acids is 2. The highest BCUT2D eigenvalue weighted by molar-refractivity contribution is 5.95. The van der Waals surface area contributed by atoms with Gasteiger partial charge in [0.15, 0.2) is 5.78 Å². The number of allylic oxidation sites excluding steroid dienone is 1. The van der Waals surface area contributed by atoms with Crippen molar-refractivity contribution in [1.29, 1.82) is 0 Å². The summed E-state index contributed by atoms with van der Waals surface area (Å²) in [5, 5.41) is 56.0. The highest BCUT2D eigenvalue weighted by Crippen LogP contribution is 2.68. The van der Waals surface area contributed by atoms with E-state index in [1.54, 1.807) is 45.2 Å². The van der Waals surface area contributed by atoms with E-state index < -0.39 is 57.8 Å². The van der Waals surface area contributed by atoms with Crippen LogP contribution in [-0.4, -0.2) is 77.4 Å². The fourth-order valence-electron chi connectivity index (χ4n) is 9.17. The number of aromatic amines is 1. The molecular formula is C32H47NO8. The van der Waals surface area contributed by atoms with E-state index in [-0.39, 0.29) is 42.6 Å². The minimum Gasteiger partial charge on any atom is -0.455 e. The molecule has 5 rings (SSSR count). The van der Waals surface area contributed by atoms with Gasteiger partial charge in [-0.3, -0.25) is 4.79 Å². The third kappa shape index (κ3) is 4.82. The van der Waals surface area contributed by atoms with E-state index in [1.807, 2.05) is 13.8 Å². The molecule has 0 amide bonds. The second-order valence-electron chi connectivity index (χ2n) is 14.6. The van der Waals surface area contributed by atoms with E-state index in [4.69, 9.17) is 4.74 Å². The summed E-state index contributed by atoms with van der Waals surface area (Å²) in [6.45, 7) is 8.93. The molecule has 0 radical (unpaired) electrons. The second-order valence-corrected chi connectivity index (χ2v) is 14.6. The van der Waals surface area contributed by atoms with Crippen LogP contribution in [0.2, 0.25) is 0 Å². The first-order chi connectivity index (χ1) is 18.9. The number of aromatic nitrogens is 1. The van der Waals surface area contributed by atoms with Gasteiger partial charge in [0.05, 0.1) is 29.0 Å². The molecule has 228 valence electrons. The number of hydrogen-bond acceptors (Lipinski definition) is 8. The molecular weight excluding hydrogens is 526 g/mol. The molecule has 0 aliphatic heterocycles. The monoisotopic (exact) mass is 573 g/mol. The lowest BCUT2D eigenvalue weighted by Crippen LogP contribution is -2.62. The summed E-state index contributed by atoms with van der Waals surface area (Å²) in [6.07, 6.45) is 3.82. The third-order valence-corrected chi connectivity index (χ3v) is 11.6. The van der Waals surface area contributed by atoms with Crippen molar-refractivity contribution in [2.24, 2.45) is 28.6 Å². The van der Waals surface area contributed by atoms with Crippen molar-refractivity contribution < 1.29 is 39.9 Å². The molecule has 10 atom stereocenters. The largest absolute Gasteiger partial charge is 0.455 e. The minimum atomic E-state index is -1.34. The number of nitrogens with one attached hydrogen (secondary N) is 1. The van der Waals surface area contributed by atoms with Gasteiger partial charge in [0.1, 0.15) is 11.8 Å². The number of ether oxygens (including phenoxy) is 1. The van der Waals surface area contributed by atoms with Crippen molar-refractivity contribution in [1.82, 2.24) is 4.98 Å². The highest BCUT2D eigenvalue weighted by atomic mass is 16.6. The number of aliphatic hydroxyl groups is 5. The van der Waals surface area contributed by atoms with Gasteiger partial charge in [0.25, 0.3) is 0 Å². The quantitative estimate of drug-likeness (QED) is 0.272. The molecule has 4 aliphatic rings. The molecule has 41 heavy (non-hydrogen) atoms. The number of hydrogen-bond donors (Lipinski definition) is 6. The standard InChI is InChI=1S/C32H47NO8/c1-28(2,38)26(41-27(37)21-7-6-14-33-21)10-12-31(5,39)25-9-13-32(40)19-15-22(34)20-16-23(35)24(36)17-29(20,3)18(19)8-11-30(25,32)4/h6-7,14-15,18,20,23-26,33,35-36,38-40H,8-13,16-17H2,1-5H3/t18-,20-,23+,24-,25-,26-,29+,30+,31-,32+/m0/s1. The number of ketones is 1. The number of H-pyrrole nitrogens is 1. The summed E-state index contributed by atoms with van der Waals surface area (Å²) in [6, 6.07) is 3.28. The third-order valence-electron chi connectivity index (χ3n) is 11.6. The Hall–Kier alpha value is -2.04. The molecule has 3 saturated carbocycles. The van der Waals surface area contributed by atoms with E-state index in [2.05, 4.69) is 4.98 Å². The Morgan fingerprint density at radius 3 is 2.46 bits per heavy atom. The Labute approximate surface area is 242 Å². The summed E-state index contributed by atoms with van der Waals surface area (Å²) >= 11 is 0. The smallest absolute Gasteiger partial charge is 0.355 e. The van der Waals surface area contributed by atoms with Gasteiger partial charge in [-0.2, -0.15) is 0 Å². The predicted octanol–water partition coefficient (Wildman–Crippen LogP) is 3.05. The average Bonchev–Trinajstić information content (AvgIpc) is 3.50. The van der Waals surface area contributed by atoms with Gasteiger partial charge in [-0.15, -0.1) is 0 Å². The SMILES string of the molecule is CC(C)(O)[C@H](CC[C@](C)(O)[C@H]1CC[C@@]2(O)C3=CC(=O)[C@@H]4C[C@@H](O)[C@@H](O)C[C@]4(C)[C@H]3CC[C@]12C)OC(=O)c1ccc[nH]1. The number of esters is 1. The lowest BCUT2D eigenvalue weighted by molar-refractivity contribution is -0.161. The molecule has 9 nitrogen and oxygen atoms in total. The van der Waals surface area contributed by atoms with Gasteiger partial charge >= 0.3 is 5.97 Å². The summed E-state index contributed by atoms with van der Waals surface area (Å²) in [5.74, 6) is -1.47. The van der Waals surface area contributed by atoms with Gasteiger partial charge in [0.2, 0.25) is 0 Å². The summed E-state index contributed by atoms with van der Waals surface area (Å²) in [4.78, 5) is 28.8. The first kappa shape index (κ1) is 30.4. The zero-order valence-electron chi connectivity index (χ0n) is 24.9. The maximum Gasteiger partial charge on any atom is 0.355 e. The van der Waals surface area contributed by atoms with Crippen LogP contribution in [0.4, 0.5) is 0 Å². The van der Waals surface area contributed by atoms with Crippen molar-refractivity contribution >= 4 is 11.8 Å². The van der Waals surface area contributed by atoms with Crippen molar-refractivity contribution in [2.75, 3.05) is 0 Å². The zero-order valence-corrected chi connectivity index (χ0v) is 24.9. The maximum atomic E-state index is 13.4. The fraction of sp³-hybridized carbons (Fsp3) is 0.750. The molecule has 4 aliphatic carbocycles. The summed E-state index contributed by atoms with van der Waals surface area (Å²) in [5.41, 5.74) is -4.14. The summed E-state index contributed by atoms with van der Waals surface area (Å²) < 4.78 is 5.66. The molecule has 6 N–H and O–H groups in total. The van der Waals surface area contributed by atoms with Crippen molar-refractivity contribution in [3.8, 4) is 0 Å². The van der Waals surface area contributed by atoms with Gasteiger partial charge in [-0.05, 0) is 113 Å². The molecule has 0 bridgehead atoms. The average molecular weight is 574 g/mol. The number of fused-ring (bicyclic) bond motifs is 5. The van der Waals surface area contributed by atoms with Gasteiger partial charge in [-0.1, -0.05) is 13.8 Å². The maximum absolute atomic E-state index is 13.4. The molecule has 9 heteroatoms. The van der Waals surface area contributed by atoms with Crippen molar-refractivity contribution in [3.05, 3.63) is 35.7 Å².